The lowest BCUT2D eigenvalue weighted by atomic mass is 10.0. The number of hydrogen-bond acceptors (Lipinski definition) is 7. The molecule has 0 unspecified atom stereocenters. The average molecular weight is 783 g/mol. The highest BCUT2D eigenvalue weighted by Crippen LogP contribution is 2.21. The summed E-state index contributed by atoms with van der Waals surface area (Å²) in [4.78, 5) is 72.5. The van der Waals surface area contributed by atoms with Crippen LogP contribution >= 0.6 is 0 Å². The molecule has 2 atom stereocenters. The van der Waals surface area contributed by atoms with Gasteiger partial charge in [0, 0.05) is 38.3 Å². The number of anilines is 2. The summed E-state index contributed by atoms with van der Waals surface area (Å²) < 4.78 is 13.1. The number of fused-ring (bicyclic) bond motifs is 1. The summed E-state index contributed by atoms with van der Waals surface area (Å²) in [7, 11) is 6.38. The molecule has 4 amide bonds. The number of para-hydroxylation sites is 2. The van der Waals surface area contributed by atoms with Gasteiger partial charge in [-0.05, 0) is 71.8 Å². The zero-order valence-electron chi connectivity index (χ0n) is 32.8. The molecule has 1 heterocycles. The van der Waals surface area contributed by atoms with Crippen LogP contribution in [0.15, 0.2) is 138 Å². The number of carbonyl (C=O) groups is 4. The molecule has 0 fully saturated rings. The average Bonchev–Trinajstić information content (AvgIpc) is 3.51. The van der Waals surface area contributed by atoms with Crippen LogP contribution < -0.4 is 35.6 Å². The van der Waals surface area contributed by atoms with Crippen LogP contribution in [0.1, 0.15) is 11.1 Å². The number of ether oxygens (including phenoxy) is 2. The van der Waals surface area contributed by atoms with Crippen molar-refractivity contribution in [2.75, 3.05) is 38.1 Å². The standard InChI is InChI=1S/C45H46N6O7/c1-48(33-19-23-35(57-3)24-20-33)43(54)37(27-31-13-7-5-8-14-31)46-41(52)29-50-39-17-11-12-18-40(39)51(45(50)56)30-42(53)47-38(28-32-15-9-6-10-16-32)44(55)49(2)34-21-25-36(58-4)26-22-34/h5-26,37-38H,27-30H2,1-4H3,(H,46,52)(H,47,53)/t37-,38-/m0/s1. The highest BCUT2D eigenvalue weighted by molar-refractivity contribution is 6.00. The number of amides is 4. The van der Waals surface area contributed by atoms with E-state index in [0.717, 1.165) is 11.1 Å². The SMILES string of the molecule is COc1ccc(N(C)C(=O)[C@H](Cc2ccccc2)NC(=O)Cn2c(=O)n(CC(=O)N[C@@H](Cc3ccccc3)C(=O)N(C)c3ccc(OC)cc3)c3ccccc32)cc1. The van der Waals surface area contributed by atoms with Gasteiger partial charge in [-0.1, -0.05) is 72.8 Å². The third-order valence-corrected chi connectivity index (χ3v) is 9.94. The van der Waals surface area contributed by atoms with Crippen molar-refractivity contribution in [2.24, 2.45) is 0 Å². The first-order valence-electron chi connectivity index (χ1n) is 18.7. The monoisotopic (exact) mass is 782 g/mol. The van der Waals surface area contributed by atoms with Crippen molar-refractivity contribution in [2.45, 2.75) is 38.0 Å². The fourth-order valence-electron chi connectivity index (χ4n) is 6.78. The minimum Gasteiger partial charge on any atom is -0.497 e. The minimum atomic E-state index is -0.966. The highest BCUT2D eigenvalue weighted by atomic mass is 16.5. The maximum atomic E-state index is 14.1. The van der Waals surface area contributed by atoms with Crippen LogP contribution in [0.2, 0.25) is 0 Å². The van der Waals surface area contributed by atoms with E-state index in [0.29, 0.717) is 33.9 Å². The molecule has 0 aliphatic heterocycles. The Balaban J connectivity index is 1.22. The summed E-state index contributed by atoms with van der Waals surface area (Å²) >= 11 is 0. The lowest BCUT2D eigenvalue weighted by molar-refractivity contribution is -0.128. The summed E-state index contributed by atoms with van der Waals surface area (Å²) in [5.74, 6) is -0.571. The molecule has 0 aliphatic carbocycles. The summed E-state index contributed by atoms with van der Waals surface area (Å²) in [5, 5.41) is 5.74. The quantitative estimate of drug-likeness (QED) is 0.146. The van der Waals surface area contributed by atoms with E-state index in [4.69, 9.17) is 9.47 Å². The van der Waals surface area contributed by atoms with E-state index in [1.807, 2.05) is 60.7 Å². The van der Waals surface area contributed by atoms with E-state index >= 15 is 0 Å². The van der Waals surface area contributed by atoms with Crippen molar-refractivity contribution in [1.82, 2.24) is 19.8 Å². The first kappa shape index (κ1) is 40.5. The van der Waals surface area contributed by atoms with Crippen LogP contribution in [-0.2, 0) is 45.1 Å². The van der Waals surface area contributed by atoms with Gasteiger partial charge in [0.2, 0.25) is 23.6 Å². The topological polar surface area (TPSA) is 144 Å². The van der Waals surface area contributed by atoms with Gasteiger partial charge in [0.25, 0.3) is 0 Å². The van der Waals surface area contributed by atoms with Gasteiger partial charge >= 0.3 is 5.69 Å². The van der Waals surface area contributed by atoms with E-state index in [2.05, 4.69) is 10.6 Å². The molecule has 58 heavy (non-hydrogen) atoms. The normalized spacial score (nSPS) is 11.9. The maximum absolute atomic E-state index is 14.1. The summed E-state index contributed by atoms with van der Waals surface area (Å²) in [5.41, 5.74) is 3.13. The predicted molar refractivity (Wildman–Crippen MR) is 223 cm³/mol. The molecule has 0 radical (unpaired) electrons. The molecule has 1 aromatic heterocycles. The predicted octanol–water partition coefficient (Wildman–Crippen LogP) is 4.60. The number of imidazole rings is 1. The van der Waals surface area contributed by atoms with Gasteiger partial charge in [-0.2, -0.15) is 0 Å². The molecule has 0 bridgehead atoms. The molecular weight excluding hydrogens is 737 g/mol. The van der Waals surface area contributed by atoms with E-state index in [1.165, 1.54) is 18.9 Å². The second-order valence-corrected chi connectivity index (χ2v) is 13.8. The molecule has 0 aliphatic rings. The summed E-state index contributed by atoms with van der Waals surface area (Å²) in [6.45, 7) is -0.832. The summed E-state index contributed by atoms with van der Waals surface area (Å²) in [6.07, 6.45) is 0.415. The van der Waals surface area contributed by atoms with Crippen LogP contribution in [0.4, 0.5) is 11.4 Å². The Labute approximate surface area is 336 Å². The van der Waals surface area contributed by atoms with Gasteiger partial charge in [0.05, 0.1) is 25.3 Å². The Morgan fingerprint density at radius 3 is 1.22 bits per heavy atom. The first-order chi connectivity index (χ1) is 28.1. The van der Waals surface area contributed by atoms with Gasteiger partial charge in [-0.25, -0.2) is 4.79 Å². The van der Waals surface area contributed by atoms with Crippen LogP contribution in [0.5, 0.6) is 11.5 Å². The van der Waals surface area contributed by atoms with E-state index < -0.39 is 42.7 Å². The Kier molecular flexibility index (Phi) is 13.0. The molecule has 13 heteroatoms. The van der Waals surface area contributed by atoms with Crippen molar-refractivity contribution in [3.8, 4) is 11.5 Å². The van der Waals surface area contributed by atoms with E-state index in [9.17, 15) is 24.0 Å². The van der Waals surface area contributed by atoms with Crippen LogP contribution in [-0.4, -0.2) is 73.2 Å². The molecule has 0 saturated carbocycles. The number of rotatable bonds is 16. The fourth-order valence-corrected chi connectivity index (χ4v) is 6.78. The van der Waals surface area contributed by atoms with Gasteiger partial charge in [0.1, 0.15) is 36.7 Å². The largest absolute Gasteiger partial charge is 0.497 e. The van der Waals surface area contributed by atoms with Crippen molar-refractivity contribution < 1.29 is 28.7 Å². The molecule has 0 saturated heterocycles. The number of benzene rings is 5. The third kappa shape index (κ3) is 9.62. The molecule has 6 rings (SSSR count). The van der Waals surface area contributed by atoms with Crippen LogP contribution in [0, 0.1) is 0 Å². The van der Waals surface area contributed by atoms with Gasteiger partial charge < -0.3 is 29.9 Å². The number of carbonyl (C=O) groups excluding carboxylic acids is 4. The molecular formula is C45H46N6O7. The Bertz CT molecular complexity index is 2250. The lowest BCUT2D eigenvalue weighted by Gasteiger charge is -2.25. The van der Waals surface area contributed by atoms with Crippen molar-refractivity contribution >= 4 is 46.0 Å². The summed E-state index contributed by atoms with van der Waals surface area (Å²) in [6, 6.07) is 37.5. The maximum Gasteiger partial charge on any atom is 0.330 e. The van der Waals surface area contributed by atoms with E-state index in [1.54, 1.807) is 101 Å². The van der Waals surface area contributed by atoms with Crippen LogP contribution in [0.3, 0.4) is 0 Å². The Morgan fingerprint density at radius 1 is 0.534 bits per heavy atom. The number of nitrogens with zero attached hydrogens (tertiary/aromatic N) is 4. The van der Waals surface area contributed by atoms with Crippen molar-refractivity contribution in [1.29, 1.82) is 0 Å². The Hall–Kier alpha value is -7.15. The number of hydrogen-bond donors (Lipinski definition) is 2. The number of methoxy groups -OCH3 is 2. The highest BCUT2D eigenvalue weighted by Gasteiger charge is 2.28. The number of likely N-dealkylation sites (N-methyl/N-ethyl adjacent to an activating group) is 2. The smallest absolute Gasteiger partial charge is 0.330 e. The first-order valence-corrected chi connectivity index (χ1v) is 18.7. The zero-order valence-corrected chi connectivity index (χ0v) is 32.8. The van der Waals surface area contributed by atoms with Gasteiger partial charge in [0.15, 0.2) is 0 Å². The number of nitrogens with one attached hydrogen (secondary N) is 2. The third-order valence-electron chi connectivity index (χ3n) is 9.94. The van der Waals surface area contributed by atoms with Crippen LogP contribution in [0.25, 0.3) is 11.0 Å². The molecule has 2 N–H and O–H groups in total. The molecule has 0 spiro atoms. The van der Waals surface area contributed by atoms with Gasteiger partial charge in [-0.3, -0.25) is 28.3 Å². The second kappa shape index (κ2) is 18.7. The molecule has 13 nitrogen and oxygen atoms in total. The molecule has 6 aromatic rings. The Morgan fingerprint density at radius 2 is 0.879 bits per heavy atom. The minimum absolute atomic E-state index is 0.208. The number of aromatic nitrogens is 2. The molecule has 5 aromatic carbocycles. The zero-order chi connectivity index (χ0) is 41.2. The van der Waals surface area contributed by atoms with E-state index in [-0.39, 0.29) is 24.7 Å². The second-order valence-electron chi connectivity index (χ2n) is 13.8. The lowest BCUT2D eigenvalue weighted by Crippen LogP contribution is -2.50. The fraction of sp³-hybridized carbons (Fsp3) is 0.222. The van der Waals surface area contributed by atoms with Gasteiger partial charge in [-0.15, -0.1) is 0 Å². The van der Waals surface area contributed by atoms with Crippen molar-refractivity contribution in [3.05, 3.63) is 155 Å². The van der Waals surface area contributed by atoms with Crippen molar-refractivity contribution in [3.63, 3.8) is 0 Å². The molecule has 298 valence electrons.